The summed E-state index contributed by atoms with van der Waals surface area (Å²) < 4.78 is 0. The average molecular weight is 224 g/mol. The first-order chi connectivity index (χ1) is 8.34. The molecule has 0 saturated heterocycles. The number of anilines is 1. The summed E-state index contributed by atoms with van der Waals surface area (Å²) in [6.07, 6.45) is 5.80. The summed E-state index contributed by atoms with van der Waals surface area (Å²) in [5.74, 6) is 0.750. The Kier molecular flexibility index (Phi) is 2.56. The zero-order valence-corrected chi connectivity index (χ0v) is 9.76. The zero-order valence-electron chi connectivity index (χ0n) is 9.76. The molecule has 1 aromatic heterocycles. The van der Waals surface area contributed by atoms with E-state index in [-0.39, 0.29) is 0 Å². The summed E-state index contributed by atoms with van der Waals surface area (Å²) in [5.41, 5.74) is 10.2. The van der Waals surface area contributed by atoms with Crippen molar-refractivity contribution in [3.05, 3.63) is 48.2 Å². The summed E-state index contributed by atoms with van der Waals surface area (Å²) in [6, 6.07) is 12.4. The molecule has 17 heavy (non-hydrogen) atoms. The van der Waals surface area contributed by atoms with Crippen LogP contribution in [0.25, 0.3) is 11.3 Å². The number of nitrogen functional groups attached to an aromatic ring is 1. The molecule has 2 aromatic rings. The van der Waals surface area contributed by atoms with Gasteiger partial charge in [0.15, 0.2) is 0 Å². The van der Waals surface area contributed by atoms with Gasteiger partial charge in [-0.25, -0.2) is 0 Å². The molecule has 0 radical (unpaired) electrons. The highest BCUT2D eigenvalue weighted by Gasteiger charge is 2.19. The predicted octanol–water partition coefficient (Wildman–Crippen LogP) is 3.60. The molecule has 0 atom stereocenters. The van der Waals surface area contributed by atoms with E-state index in [0.717, 1.165) is 22.9 Å². The van der Waals surface area contributed by atoms with Crippen molar-refractivity contribution in [1.82, 2.24) is 4.98 Å². The highest BCUT2D eigenvalue weighted by molar-refractivity contribution is 5.72. The van der Waals surface area contributed by atoms with Gasteiger partial charge in [-0.3, -0.25) is 4.98 Å². The van der Waals surface area contributed by atoms with Crippen LogP contribution in [0.2, 0.25) is 0 Å². The highest BCUT2D eigenvalue weighted by Crippen LogP contribution is 2.37. The fourth-order valence-corrected chi connectivity index (χ4v) is 2.34. The summed E-state index contributed by atoms with van der Waals surface area (Å²) in [4.78, 5) is 4.37. The average Bonchev–Trinajstić information content (AvgIpc) is 2.28. The molecule has 0 amide bonds. The van der Waals surface area contributed by atoms with Crippen molar-refractivity contribution in [3.63, 3.8) is 0 Å². The highest BCUT2D eigenvalue weighted by atomic mass is 14.7. The normalized spacial score (nSPS) is 15.5. The van der Waals surface area contributed by atoms with Gasteiger partial charge in [0.1, 0.15) is 0 Å². The maximum atomic E-state index is 5.96. The Morgan fingerprint density at radius 2 is 2.00 bits per heavy atom. The van der Waals surface area contributed by atoms with E-state index in [1.54, 1.807) is 6.20 Å². The van der Waals surface area contributed by atoms with Gasteiger partial charge < -0.3 is 5.73 Å². The Morgan fingerprint density at radius 3 is 2.71 bits per heavy atom. The fourth-order valence-electron chi connectivity index (χ4n) is 2.34. The first kappa shape index (κ1) is 10.3. The Balaban J connectivity index is 2.00. The van der Waals surface area contributed by atoms with Crippen molar-refractivity contribution >= 4 is 5.69 Å². The second kappa shape index (κ2) is 4.21. The number of nitrogens with zero attached hydrogens (tertiary/aromatic N) is 1. The van der Waals surface area contributed by atoms with E-state index >= 15 is 0 Å². The number of hydrogen-bond donors (Lipinski definition) is 1. The largest absolute Gasteiger partial charge is 0.397 e. The van der Waals surface area contributed by atoms with Crippen molar-refractivity contribution in [2.24, 2.45) is 0 Å². The van der Waals surface area contributed by atoms with Gasteiger partial charge in [0, 0.05) is 11.8 Å². The lowest BCUT2D eigenvalue weighted by Crippen LogP contribution is -2.08. The summed E-state index contributed by atoms with van der Waals surface area (Å²) >= 11 is 0. The number of benzene rings is 1. The first-order valence-corrected chi connectivity index (χ1v) is 6.15. The molecule has 1 aliphatic carbocycles. The van der Waals surface area contributed by atoms with Crippen molar-refractivity contribution < 1.29 is 0 Å². The van der Waals surface area contributed by atoms with Crippen LogP contribution >= 0.6 is 0 Å². The quantitative estimate of drug-likeness (QED) is 0.846. The Bertz CT molecular complexity index is 530. The Labute approximate surface area is 102 Å². The maximum absolute atomic E-state index is 5.96. The summed E-state index contributed by atoms with van der Waals surface area (Å²) in [7, 11) is 0. The van der Waals surface area contributed by atoms with Crippen LogP contribution in [0.1, 0.15) is 30.7 Å². The van der Waals surface area contributed by atoms with E-state index in [1.807, 2.05) is 12.1 Å². The molecule has 1 saturated carbocycles. The van der Waals surface area contributed by atoms with Crippen LogP contribution in [0.15, 0.2) is 42.6 Å². The Hall–Kier alpha value is -1.83. The molecule has 1 aliphatic rings. The molecule has 1 heterocycles. The van der Waals surface area contributed by atoms with E-state index in [9.17, 15) is 0 Å². The molecule has 1 fully saturated rings. The third-order valence-electron chi connectivity index (χ3n) is 3.58. The number of pyridine rings is 1. The molecule has 2 nitrogen and oxygen atoms in total. The summed E-state index contributed by atoms with van der Waals surface area (Å²) in [6.45, 7) is 0. The maximum Gasteiger partial charge on any atom is 0.0931 e. The van der Waals surface area contributed by atoms with Gasteiger partial charge in [-0.15, -0.1) is 0 Å². The number of rotatable bonds is 2. The van der Waals surface area contributed by atoms with Crippen LogP contribution in [-0.4, -0.2) is 4.98 Å². The van der Waals surface area contributed by atoms with E-state index in [4.69, 9.17) is 5.73 Å². The van der Waals surface area contributed by atoms with E-state index in [1.165, 1.54) is 24.8 Å². The fraction of sp³-hybridized carbons (Fsp3) is 0.267. The minimum Gasteiger partial charge on any atom is -0.397 e. The van der Waals surface area contributed by atoms with Crippen molar-refractivity contribution in [3.8, 4) is 11.3 Å². The van der Waals surface area contributed by atoms with Crippen LogP contribution in [0.3, 0.4) is 0 Å². The first-order valence-electron chi connectivity index (χ1n) is 6.15. The van der Waals surface area contributed by atoms with Crippen LogP contribution in [-0.2, 0) is 0 Å². The molecule has 0 aliphatic heterocycles. The summed E-state index contributed by atoms with van der Waals surface area (Å²) in [5, 5.41) is 0. The molecular weight excluding hydrogens is 208 g/mol. The molecule has 3 rings (SSSR count). The van der Waals surface area contributed by atoms with E-state index in [0.29, 0.717) is 0 Å². The van der Waals surface area contributed by atoms with Gasteiger partial charge in [0.05, 0.1) is 11.4 Å². The molecule has 2 heteroatoms. The van der Waals surface area contributed by atoms with Gasteiger partial charge in [0.25, 0.3) is 0 Å². The molecule has 0 unspecified atom stereocenters. The van der Waals surface area contributed by atoms with Crippen LogP contribution < -0.4 is 5.73 Å². The van der Waals surface area contributed by atoms with Crippen molar-refractivity contribution in [2.45, 2.75) is 25.2 Å². The predicted molar refractivity (Wildman–Crippen MR) is 70.7 cm³/mol. The molecular formula is C15H16N2. The lowest BCUT2D eigenvalue weighted by atomic mass is 9.79. The molecule has 1 aromatic carbocycles. The number of hydrogen-bond acceptors (Lipinski definition) is 2. The van der Waals surface area contributed by atoms with Crippen LogP contribution in [0.5, 0.6) is 0 Å². The number of aromatic nitrogens is 1. The molecule has 86 valence electrons. The third-order valence-corrected chi connectivity index (χ3v) is 3.58. The monoisotopic (exact) mass is 224 g/mol. The van der Waals surface area contributed by atoms with Crippen molar-refractivity contribution in [2.75, 3.05) is 5.73 Å². The number of nitrogens with two attached hydrogens (primary N) is 1. The molecule has 0 spiro atoms. The SMILES string of the molecule is Nc1cccnc1-c1cccc(C2CCC2)c1. The lowest BCUT2D eigenvalue weighted by Gasteiger charge is -2.26. The van der Waals surface area contributed by atoms with E-state index < -0.39 is 0 Å². The van der Waals surface area contributed by atoms with E-state index in [2.05, 4.69) is 29.2 Å². The van der Waals surface area contributed by atoms with Crippen LogP contribution in [0, 0.1) is 0 Å². The van der Waals surface area contributed by atoms with Gasteiger partial charge in [0.2, 0.25) is 0 Å². The molecule has 0 bridgehead atoms. The second-order valence-corrected chi connectivity index (χ2v) is 4.69. The molecule has 2 N–H and O–H groups in total. The Morgan fingerprint density at radius 1 is 1.12 bits per heavy atom. The minimum atomic E-state index is 0.748. The minimum absolute atomic E-state index is 0.748. The van der Waals surface area contributed by atoms with Crippen molar-refractivity contribution in [1.29, 1.82) is 0 Å². The smallest absolute Gasteiger partial charge is 0.0931 e. The topological polar surface area (TPSA) is 38.9 Å². The van der Waals surface area contributed by atoms with Gasteiger partial charge in [-0.2, -0.15) is 0 Å². The second-order valence-electron chi connectivity index (χ2n) is 4.69. The van der Waals surface area contributed by atoms with Gasteiger partial charge in [-0.05, 0) is 42.5 Å². The van der Waals surface area contributed by atoms with Gasteiger partial charge in [-0.1, -0.05) is 24.6 Å². The lowest BCUT2D eigenvalue weighted by molar-refractivity contribution is 0.420. The standard InChI is InChI=1S/C15H16N2/c16-14-8-3-9-17-15(14)13-7-2-6-12(10-13)11-4-1-5-11/h2-3,6-11H,1,4-5,16H2. The van der Waals surface area contributed by atoms with Crippen LogP contribution in [0.4, 0.5) is 5.69 Å². The van der Waals surface area contributed by atoms with Gasteiger partial charge >= 0.3 is 0 Å². The third kappa shape index (κ3) is 1.91. The zero-order chi connectivity index (χ0) is 11.7.